The molecule has 7 heteroatoms. The third-order valence-electron chi connectivity index (χ3n) is 2.02. The van der Waals surface area contributed by atoms with Crippen molar-refractivity contribution >= 4 is 23.2 Å². The summed E-state index contributed by atoms with van der Waals surface area (Å²) in [6.45, 7) is -0.553. The van der Waals surface area contributed by atoms with Crippen LogP contribution in [0.15, 0.2) is 18.2 Å². The second kappa shape index (κ2) is 5.79. The normalized spacial score (nSPS) is 12.5. The summed E-state index contributed by atoms with van der Waals surface area (Å²) < 4.78 is 24.0. The van der Waals surface area contributed by atoms with Crippen molar-refractivity contribution in [2.45, 2.75) is 12.5 Å². The highest BCUT2D eigenvalue weighted by Crippen LogP contribution is 2.17. The first-order valence-electron chi connectivity index (χ1n) is 4.71. The van der Waals surface area contributed by atoms with Crippen LogP contribution in [-0.2, 0) is 0 Å². The first-order chi connectivity index (χ1) is 7.91. The fourth-order valence-electron chi connectivity index (χ4n) is 1.11. The standard InChI is InChI=1S/C10H11ClF2N2O2/c11-5-1-2-7(14)6(3-5)10(17)15-4-8(16)9(12)13/h1-3,8-9,16H,4,14H2,(H,15,17). The molecular formula is C10H11ClF2N2O2. The maximum atomic E-state index is 12.0. The predicted octanol–water partition coefficient (Wildman–Crippen LogP) is 1.28. The second-order valence-corrected chi connectivity index (χ2v) is 3.78. The molecule has 17 heavy (non-hydrogen) atoms. The van der Waals surface area contributed by atoms with Gasteiger partial charge in [-0.15, -0.1) is 0 Å². The molecule has 4 N–H and O–H groups in total. The molecule has 1 unspecified atom stereocenters. The number of hydrogen-bond acceptors (Lipinski definition) is 3. The summed E-state index contributed by atoms with van der Waals surface area (Å²) in [6.07, 6.45) is -4.81. The van der Waals surface area contributed by atoms with E-state index in [0.29, 0.717) is 5.02 Å². The summed E-state index contributed by atoms with van der Waals surface area (Å²) in [6, 6.07) is 4.25. The number of anilines is 1. The molecule has 1 amide bonds. The first kappa shape index (κ1) is 13.7. The minimum Gasteiger partial charge on any atom is -0.398 e. The zero-order valence-electron chi connectivity index (χ0n) is 8.66. The van der Waals surface area contributed by atoms with E-state index in [1.807, 2.05) is 0 Å². The molecule has 0 fully saturated rings. The van der Waals surface area contributed by atoms with Crippen LogP contribution in [-0.4, -0.2) is 30.1 Å². The van der Waals surface area contributed by atoms with Crippen molar-refractivity contribution in [2.24, 2.45) is 0 Å². The largest absolute Gasteiger partial charge is 0.398 e. The number of hydrogen-bond donors (Lipinski definition) is 3. The van der Waals surface area contributed by atoms with E-state index < -0.39 is 25.0 Å². The highest BCUT2D eigenvalue weighted by Gasteiger charge is 2.18. The lowest BCUT2D eigenvalue weighted by molar-refractivity contribution is -0.00269. The molecule has 0 bridgehead atoms. The average Bonchev–Trinajstić information content (AvgIpc) is 2.28. The van der Waals surface area contributed by atoms with Gasteiger partial charge < -0.3 is 16.2 Å². The molecule has 4 nitrogen and oxygen atoms in total. The Morgan fingerprint density at radius 3 is 2.76 bits per heavy atom. The van der Waals surface area contributed by atoms with E-state index in [1.165, 1.54) is 18.2 Å². The van der Waals surface area contributed by atoms with Gasteiger partial charge in [0, 0.05) is 17.3 Å². The van der Waals surface area contributed by atoms with Crippen LogP contribution in [0.5, 0.6) is 0 Å². The monoisotopic (exact) mass is 264 g/mol. The minimum atomic E-state index is -2.91. The lowest BCUT2D eigenvalue weighted by Gasteiger charge is -2.11. The summed E-state index contributed by atoms with van der Waals surface area (Å²) >= 11 is 5.67. The average molecular weight is 265 g/mol. The number of alkyl halides is 2. The number of benzene rings is 1. The first-order valence-corrected chi connectivity index (χ1v) is 5.09. The van der Waals surface area contributed by atoms with Crippen LogP contribution < -0.4 is 11.1 Å². The number of carbonyl (C=O) groups excluding carboxylic acids is 1. The summed E-state index contributed by atoms with van der Waals surface area (Å²) in [5, 5.41) is 11.3. The van der Waals surface area contributed by atoms with E-state index in [-0.39, 0.29) is 11.3 Å². The Morgan fingerprint density at radius 2 is 2.18 bits per heavy atom. The summed E-state index contributed by atoms with van der Waals surface area (Å²) in [7, 11) is 0. The Morgan fingerprint density at radius 1 is 1.53 bits per heavy atom. The zero-order valence-corrected chi connectivity index (χ0v) is 9.42. The van der Waals surface area contributed by atoms with Gasteiger partial charge in [-0.2, -0.15) is 0 Å². The molecule has 0 heterocycles. The van der Waals surface area contributed by atoms with Crippen molar-refractivity contribution in [3.8, 4) is 0 Å². The maximum Gasteiger partial charge on any atom is 0.265 e. The Bertz CT molecular complexity index is 415. The van der Waals surface area contributed by atoms with Crippen molar-refractivity contribution in [1.29, 1.82) is 0 Å². The molecule has 0 aliphatic heterocycles. The van der Waals surface area contributed by atoms with Gasteiger partial charge in [0.25, 0.3) is 12.3 Å². The SMILES string of the molecule is Nc1ccc(Cl)cc1C(=O)NCC(O)C(F)F. The van der Waals surface area contributed by atoms with Crippen LogP contribution in [0.2, 0.25) is 5.02 Å². The van der Waals surface area contributed by atoms with Gasteiger partial charge in [0.15, 0.2) is 0 Å². The predicted molar refractivity (Wildman–Crippen MR) is 60.2 cm³/mol. The molecule has 94 valence electrons. The molecule has 0 saturated carbocycles. The Hall–Kier alpha value is -1.40. The number of rotatable bonds is 4. The summed E-state index contributed by atoms with van der Waals surface area (Å²) in [5.41, 5.74) is 5.79. The number of aliphatic hydroxyl groups excluding tert-OH is 1. The van der Waals surface area contributed by atoms with Gasteiger partial charge >= 0.3 is 0 Å². The van der Waals surface area contributed by atoms with Crippen LogP contribution in [0.4, 0.5) is 14.5 Å². The van der Waals surface area contributed by atoms with Crippen molar-refractivity contribution in [2.75, 3.05) is 12.3 Å². The Balaban J connectivity index is 2.67. The van der Waals surface area contributed by atoms with Gasteiger partial charge in [-0.1, -0.05) is 11.6 Å². The van der Waals surface area contributed by atoms with Crippen LogP contribution in [0.3, 0.4) is 0 Å². The molecule has 0 aliphatic carbocycles. The Kier molecular flexibility index (Phi) is 4.65. The third kappa shape index (κ3) is 3.83. The van der Waals surface area contributed by atoms with E-state index in [2.05, 4.69) is 5.32 Å². The van der Waals surface area contributed by atoms with E-state index in [9.17, 15) is 13.6 Å². The molecule has 1 rings (SSSR count). The highest BCUT2D eigenvalue weighted by molar-refractivity contribution is 6.31. The van der Waals surface area contributed by atoms with Gasteiger partial charge in [-0.25, -0.2) is 8.78 Å². The molecule has 0 radical (unpaired) electrons. The number of nitrogen functional groups attached to an aromatic ring is 1. The van der Waals surface area contributed by atoms with Crippen LogP contribution in [0.1, 0.15) is 10.4 Å². The second-order valence-electron chi connectivity index (χ2n) is 3.34. The number of nitrogens with one attached hydrogen (secondary N) is 1. The van der Waals surface area contributed by atoms with Crippen LogP contribution in [0.25, 0.3) is 0 Å². The minimum absolute atomic E-state index is 0.0824. The van der Waals surface area contributed by atoms with E-state index in [1.54, 1.807) is 0 Å². The van der Waals surface area contributed by atoms with Crippen LogP contribution in [0, 0.1) is 0 Å². The molecule has 0 spiro atoms. The highest BCUT2D eigenvalue weighted by atomic mass is 35.5. The lowest BCUT2D eigenvalue weighted by atomic mass is 10.1. The fourth-order valence-corrected chi connectivity index (χ4v) is 1.28. The smallest absolute Gasteiger partial charge is 0.265 e. The molecule has 1 aromatic rings. The van der Waals surface area contributed by atoms with Gasteiger partial charge in [0.1, 0.15) is 6.10 Å². The van der Waals surface area contributed by atoms with Crippen LogP contribution >= 0.6 is 11.6 Å². The number of aliphatic hydroxyl groups is 1. The summed E-state index contributed by atoms with van der Waals surface area (Å²) in [5.74, 6) is -0.662. The number of halogens is 3. The molecule has 0 aromatic heterocycles. The Labute approximate surface area is 101 Å². The quantitative estimate of drug-likeness (QED) is 0.717. The third-order valence-corrected chi connectivity index (χ3v) is 2.26. The zero-order chi connectivity index (χ0) is 13.0. The van der Waals surface area contributed by atoms with Crippen molar-refractivity contribution in [3.05, 3.63) is 28.8 Å². The van der Waals surface area contributed by atoms with Gasteiger partial charge in [0.05, 0.1) is 5.56 Å². The van der Waals surface area contributed by atoms with E-state index in [0.717, 1.165) is 0 Å². The topological polar surface area (TPSA) is 75.4 Å². The van der Waals surface area contributed by atoms with E-state index in [4.69, 9.17) is 22.4 Å². The molecule has 1 aromatic carbocycles. The van der Waals surface area contributed by atoms with E-state index >= 15 is 0 Å². The van der Waals surface area contributed by atoms with Crippen molar-refractivity contribution in [3.63, 3.8) is 0 Å². The molecule has 1 atom stereocenters. The number of amides is 1. The number of carbonyl (C=O) groups is 1. The maximum absolute atomic E-state index is 12.0. The fraction of sp³-hybridized carbons (Fsp3) is 0.300. The lowest BCUT2D eigenvalue weighted by Crippen LogP contribution is -2.36. The van der Waals surface area contributed by atoms with Crippen molar-refractivity contribution < 1.29 is 18.7 Å². The van der Waals surface area contributed by atoms with Gasteiger partial charge in [0.2, 0.25) is 0 Å². The van der Waals surface area contributed by atoms with Gasteiger partial charge in [-0.05, 0) is 18.2 Å². The molecule has 0 saturated heterocycles. The molecule has 0 aliphatic rings. The molecular weight excluding hydrogens is 254 g/mol. The summed E-state index contributed by atoms with van der Waals surface area (Å²) in [4.78, 5) is 11.5. The van der Waals surface area contributed by atoms with Crippen molar-refractivity contribution in [1.82, 2.24) is 5.32 Å². The van der Waals surface area contributed by atoms with Gasteiger partial charge in [-0.3, -0.25) is 4.79 Å². The number of nitrogens with two attached hydrogens (primary N) is 1.